The lowest BCUT2D eigenvalue weighted by atomic mass is 10.1. The molecule has 0 unspecified atom stereocenters. The summed E-state index contributed by atoms with van der Waals surface area (Å²) < 4.78 is 13.5. The lowest BCUT2D eigenvalue weighted by Gasteiger charge is -2.15. The number of nitrogens with zero attached hydrogens (tertiary/aromatic N) is 1. The van der Waals surface area contributed by atoms with Gasteiger partial charge in [-0.3, -0.25) is 9.59 Å². The Bertz CT molecular complexity index is 774. The Morgan fingerprint density at radius 3 is 2.54 bits per heavy atom. The molecule has 0 radical (unpaired) electrons. The number of hydrogen-bond donors (Lipinski definition) is 1. The highest BCUT2D eigenvalue weighted by molar-refractivity contribution is 5.97. The summed E-state index contributed by atoms with van der Waals surface area (Å²) in [5.41, 5.74) is 2.13. The molecule has 0 atom stereocenters. The van der Waals surface area contributed by atoms with E-state index < -0.39 is 0 Å². The van der Waals surface area contributed by atoms with E-state index in [1.165, 1.54) is 6.07 Å². The lowest BCUT2D eigenvalue weighted by Crippen LogP contribution is -2.25. The van der Waals surface area contributed by atoms with Crippen LogP contribution >= 0.6 is 0 Å². The molecule has 136 valence electrons. The summed E-state index contributed by atoms with van der Waals surface area (Å²) in [5, 5.41) is 2.88. The number of aryl methyl sites for hydroxylation is 1. The van der Waals surface area contributed by atoms with Crippen LogP contribution in [0, 0.1) is 5.82 Å². The molecule has 2 aromatic carbocycles. The molecular weight excluding hydrogens is 331 g/mol. The molecule has 2 aromatic rings. The minimum atomic E-state index is -0.173. The molecule has 2 amide bonds. The maximum absolute atomic E-state index is 13.5. The van der Waals surface area contributed by atoms with E-state index in [0.29, 0.717) is 30.5 Å². The first-order valence-electron chi connectivity index (χ1n) is 9.07. The van der Waals surface area contributed by atoms with Crippen molar-refractivity contribution in [2.45, 2.75) is 32.1 Å². The number of carbonyl (C=O) groups is 2. The zero-order chi connectivity index (χ0) is 18.4. The molecule has 0 bridgehead atoms. The second-order valence-corrected chi connectivity index (χ2v) is 6.50. The first-order valence-corrected chi connectivity index (χ1v) is 9.07. The molecule has 1 aliphatic heterocycles. The Labute approximate surface area is 153 Å². The zero-order valence-corrected chi connectivity index (χ0v) is 14.7. The molecule has 5 heteroatoms. The summed E-state index contributed by atoms with van der Waals surface area (Å²) >= 11 is 0. The molecule has 1 N–H and O–H groups in total. The van der Waals surface area contributed by atoms with E-state index >= 15 is 0 Å². The molecule has 0 saturated carbocycles. The minimum absolute atomic E-state index is 0.129. The third kappa shape index (κ3) is 4.48. The Morgan fingerprint density at radius 1 is 1.08 bits per heavy atom. The molecule has 0 spiro atoms. The number of benzene rings is 2. The fraction of sp³-hybridized carbons (Fsp3) is 0.333. The van der Waals surface area contributed by atoms with E-state index in [0.717, 1.165) is 31.5 Å². The third-order valence-electron chi connectivity index (χ3n) is 4.63. The van der Waals surface area contributed by atoms with Crippen LogP contribution in [0.25, 0.3) is 0 Å². The molecule has 1 fully saturated rings. The van der Waals surface area contributed by atoms with Gasteiger partial charge in [0, 0.05) is 30.8 Å². The number of hydrogen-bond acceptors (Lipinski definition) is 2. The predicted octanol–water partition coefficient (Wildman–Crippen LogP) is 3.71. The Balaban J connectivity index is 1.42. The van der Waals surface area contributed by atoms with Crippen molar-refractivity contribution >= 4 is 17.5 Å². The molecule has 1 heterocycles. The van der Waals surface area contributed by atoms with Gasteiger partial charge in [-0.25, -0.2) is 4.39 Å². The molecule has 0 aliphatic carbocycles. The van der Waals surface area contributed by atoms with E-state index in [9.17, 15) is 14.0 Å². The molecule has 0 aromatic heterocycles. The highest BCUT2D eigenvalue weighted by atomic mass is 19.1. The first kappa shape index (κ1) is 18.1. The van der Waals surface area contributed by atoms with E-state index in [1.54, 1.807) is 29.2 Å². The van der Waals surface area contributed by atoms with Gasteiger partial charge in [-0.1, -0.05) is 18.2 Å². The number of amides is 2. The fourth-order valence-corrected chi connectivity index (χ4v) is 3.16. The lowest BCUT2D eigenvalue weighted by molar-refractivity contribution is -0.117. The SMILES string of the molecule is O=C(NCCCCc1ccccc1F)c1ccc(N2CCCC2=O)cc1. The largest absolute Gasteiger partial charge is 0.352 e. The standard InChI is InChI=1S/C21H23FN2O2/c22-19-8-2-1-6-16(19)7-3-4-14-23-21(26)17-10-12-18(13-11-17)24-15-5-9-20(24)25/h1-2,6,8,10-13H,3-5,7,9,14-15H2,(H,23,26). The van der Waals surface area contributed by atoms with Crippen LogP contribution in [-0.4, -0.2) is 24.9 Å². The van der Waals surface area contributed by atoms with Crippen molar-refractivity contribution in [3.63, 3.8) is 0 Å². The van der Waals surface area contributed by atoms with E-state index in [-0.39, 0.29) is 17.6 Å². The van der Waals surface area contributed by atoms with E-state index in [2.05, 4.69) is 5.32 Å². The Morgan fingerprint density at radius 2 is 1.85 bits per heavy atom. The van der Waals surface area contributed by atoms with Gasteiger partial charge in [0.1, 0.15) is 5.82 Å². The summed E-state index contributed by atoms with van der Waals surface area (Å²) in [4.78, 5) is 25.7. The maximum atomic E-state index is 13.5. The van der Waals surface area contributed by atoms with Crippen molar-refractivity contribution in [1.82, 2.24) is 5.32 Å². The number of unbranched alkanes of at least 4 members (excludes halogenated alkanes) is 1. The van der Waals surface area contributed by atoms with Gasteiger partial charge in [0.2, 0.25) is 5.91 Å². The summed E-state index contributed by atoms with van der Waals surface area (Å²) in [6.07, 6.45) is 3.75. The van der Waals surface area contributed by atoms with Crippen molar-refractivity contribution in [3.8, 4) is 0 Å². The summed E-state index contributed by atoms with van der Waals surface area (Å²) in [7, 11) is 0. The second-order valence-electron chi connectivity index (χ2n) is 6.50. The number of halogens is 1. The van der Waals surface area contributed by atoms with Gasteiger partial charge >= 0.3 is 0 Å². The molecule has 26 heavy (non-hydrogen) atoms. The second kappa shape index (κ2) is 8.61. The van der Waals surface area contributed by atoms with Crippen LogP contribution in [0.4, 0.5) is 10.1 Å². The van der Waals surface area contributed by atoms with Crippen LogP contribution in [0.2, 0.25) is 0 Å². The Hall–Kier alpha value is -2.69. The topological polar surface area (TPSA) is 49.4 Å². The molecule has 3 rings (SSSR count). The van der Waals surface area contributed by atoms with Crippen molar-refractivity contribution in [2.24, 2.45) is 0 Å². The highest BCUT2D eigenvalue weighted by Gasteiger charge is 2.21. The molecule has 1 saturated heterocycles. The molecular formula is C21H23FN2O2. The van der Waals surface area contributed by atoms with Crippen molar-refractivity contribution < 1.29 is 14.0 Å². The molecule has 1 aliphatic rings. The average Bonchev–Trinajstić information content (AvgIpc) is 3.09. The normalized spacial score (nSPS) is 13.9. The van der Waals surface area contributed by atoms with Crippen LogP contribution in [0.1, 0.15) is 41.6 Å². The first-order chi connectivity index (χ1) is 12.6. The monoisotopic (exact) mass is 354 g/mol. The number of anilines is 1. The number of rotatable bonds is 7. The van der Waals surface area contributed by atoms with Crippen LogP contribution in [-0.2, 0) is 11.2 Å². The van der Waals surface area contributed by atoms with Gasteiger partial charge in [-0.05, 0) is 61.6 Å². The molecule has 4 nitrogen and oxygen atoms in total. The van der Waals surface area contributed by atoms with Crippen LogP contribution in [0.5, 0.6) is 0 Å². The van der Waals surface area contributed by atoms with Crippen LogP contribution < -0.4 is 10.2 Å². The summed E-state index contributed by atoms with van der Waals surface area (Å²) in [6.45, 7) is 1.30. The van der Waals surface area contributed by atoms with Crippen molar-refractivity contribution in [3.05, 3.63) is 65.5 Å². The van der Waals surface area contributed by atoms with Gasteiger partial charge in [0.15, 0.2) is 0 Å². The highest BCUT2D eigenvalue weighted by Crippen LogP contribution is 2.21. The van der Waals surface area contributed by atoms with Gasteiger partial charge in [-0.15, -0.1) is 0 Å². The van der Waals surface area contributed by atoms with Crippen molar-refractivity contribution in [1.29, 1.82) is 0 Å². The van der Waals surface area contributed by atoms with Gasteiger partial charge in [0.05, 0.1) is 0 Å². The van der Waals surface area contributed by atoms with Crippen molar-refractivity contribution in [2.75, 3.05) is 18.0 Å². The number of nitrogens with one attached hydrogen (secondary N) is 1. The third-order valence-corrected chi connectivity index (χ3v) is 4.63. The van der Waals surface area contributed by atoms with Crippen LogP contribution in [0.15, 0.2) is 48.5 Å². The van der Waals surface area contributed by atoms with Crippen LogP contribution in [0.3, 0.4) is 0 Å². The minimum Gasteiger partial charge on any atom is -0.352 e. The zero-order valence-electron chi connectivity index (χ0n) is 14.7. The summed E-state index contributed by atoms with van der Waals surface area (Å²) in [6, 6.07) is 13.9. The fourth-order valence-electron chi connectivity index (χ4n) is 3.16. The van der Waals surface area contributed by atoms with Gasteiger partial charge in [-0.2, -0.15) is 0 Å². The maximum Gasteiger partial charge on any atom is 0.251 e. The summed E-state index contributed by atoms with van der Waals surface area (Å²) in [5.74, 6) is -0.166. The number of carbonyl (C=O) groups excluding carboxylic acids is 2. The van der Waals surface area contributed by atoms with E-state index in [4.69, 9.17) is 0 Å². The van der Waals surface area contributed by atoms with Gasteiger partial charge in [0.25, 0.3) is 5.91 Å². The smallest absolute Gasteiger partial charge is 0.251 e. The quantitative estimate of drug-likeness (QED) is 0.771. The predicted molar refractivity (Wildman–Crippen MR) is 99.7 cm³/mol. The van der Waals surface area contributed by atoms with E-state index in [1.807, 2.05) is 18.2 Å². The van der Waals surface area contributed by atoms with Gasteiger partial charge < -0.3 is 10.2 Å². The Kier molecular flexibility index (Phi) is 6.00. The average molecular weight is 354 g/mol.